The first-order valence-electron chi connectivity index (χ1n) is 8.74. The smallest absolute Gasteiger partial charge is 0.191 e. The zero-order valence-corrected chi connectivity index (χ0v) is 17.3. The van der Waals surface area contributed by atoms with Gasteiger partial charge in [-0.15, -0.1) is 0 Å². The van der Waals surface area contributed by atoms with E-state index < -0.39 is 0 Å². The van der Waals surface area contributed by atoms with E-state index in [2.05, 4.69) is 48.7 Å². The predicted octanol–water partition coefficient (Wildman–Crippen LogP) is 3.33. The molecule has 0 aromatic heterocycles. The SMILES string of the molecule is CCNC(=NCC(C)(C)SC)NCCCc1ccc(OC)c(OC)c1. The summed E-state index contributed by atoms with van der Waals surface area (Å²) in [6, 6.07) is 6.08. The summed E-state index contributed by atoms with van der Waals surface area (Å²) in [4.78, 5) is 4.69. The van der Waals surface area contributed by atoms with Gasteiger partial charge in [0, 0.05) is 17.8 Å². The van der Waals surface area contributed by atoms with Crippen LogP contribution in [-0.2, 0) is 6.42 Å². The van der Waals surface area contributed by atoms with Gasteiger partial charge in [-0.2, -0.15) is 11.8 Å². The van der Waals surface area contributed by atoms with Crippen molar-refractivity contribution in [3.05, 3.63) is 23.8 Å². The van der Waals surface area contributed by atoms with Gasteiger partial charge in [0.15, 0.2) is 17.5 Å². The molecule has 0 saturated carbocycles. The number of hydrogen-bond acceptors (Lipinski definition) is 4. The van der Waals surface area contributed by atoms with Gasteiger partial charge in [0.2, 0.25) is 0 Å². The molecule has 0 aliphatic carbocycles. The van der Waals surface area contributed by atoms with Gasteiger partial charge in [-0.3, -0.25) is 4.99 Å². The molecule has 0 fully saturated rings. The quantitative estimate of drug-likeness (QED) is 0.377. The van der Waals surface area contributed by atoms with Crippen LogP contribution in [0.5, 0.6) is 11.5 Å². The van der Waals surface area contributed by atoms with Crippen molar-refractivity contribution in [1.29, 1.82) is 0 Å². The topological polar surface area (TPSA) is 54.9 Å². The number of nitrogens with one attached hydrogen (secondary N) is 2. The minimum Gasteiger partial charge on any atom is -0.493 e. The number of benzene rings is 1. The van der Waals surface area contributed by atoms with E-state index >= 15 is 0 Å². The third-order valence-corrected chi connectivity index (χ3v) is 5.13. The number of hydrogen-bond donors (Lipinski definition) is 2. The van der Waals surface area contributed by atoms with E-state index in [0.29, 0.717) is 0 Å². The average Bonchev–Trinajstić information content (AvgIpc) is 2.62. The van der Waals surface area contributed by atoms with Crippen LogP contribution in [0.25, 0.3) is 0 Å². The lowest BCUT2D eigenvalue weighted by molar-refractivity contribution is 0.354. The highest BCUT2D eigenvalue weighted by Crippen LogP contribution is 2.27. The highest BCUT2D eigenvalue weighted by atomic mass is 32.2. The molecule has 142 valence electrons. The van der Waals surface area contributed by atoms with E-state index in [1.54, 1.807) is 14.2 Å². The zero-order chi connectivity index (χ0) is 18.7. The number of rotatable bonds is 10. The van der Waals surface area contributed by atoms with E-state index in [1.807, 2.05) is 23.9 Å². The molecule has 0 unspecified atom stereocenters. The number of methoxy groups -OCH3 is 2. The molecule has 0 bridgehead atoms. The molecule has 1 aromatic carbocycles. The second-order valence-electron chi connectivity index (χ2n) is 6.38. The van der Waals surface area contributed by atoms with E-state index in [1.165, 1.54) is 5.56 Å². The molecule has 2 N–H and O–H groups in total. The lowest BCUT2D eigenvalue weighted by Crippen LogP contribution is -2.39. The minimum atomic E-state index is 0.155. The molecule has 1 aromatic rings. The van der Waals surface area contributed by atoms with Crippen molar-refractivity contribution >= 4 is 17.7 Å². The Morgan fingerprint density at radius 2 is 1.88 bits per heavy atom. The summed E-state index contributed by atoms with van der Waals surface area (Å²) in [6.45, 7) is 9.03. The van der Waals surface area contributed by atoms with Gasteiger partial charge in [-0.1, -0.05) is 6.07 Å². The van der Waals surface area contributed by atoms with Crippen molar-refractivity contribution in [3.63, 3.8) is 0 Å². The highest BCUT2D eigenvalue weighted by Gasteiger charge is 2.15. The molecule has 0 aliphatic heterocycles. The number of aryl methyl sites for hydroxylation is 1. The van der Waals surface area contributed by atoms with Crippen molar-refractivity contribution < 1.29 is 9.47 Å². The fourth-order valence-electron chi connectivity index (χ4n) is 2.21. The van der Waals surface area contributed by atoms with Crippen molar-refractivity contribution in [2.45, 2.75) is 38.4 Å². The van der Waals surface area contributed by atoms with E-state index in [-0.39, 0.29) is 4.75 Å². The molecule has 0 aliphatic rings. The van der Waals surface area contributed by atoms with Crippen LogP contribution < -0.4 is 20.1 Å². The Balaban J connectivity index is 2.50. The molecule has 6 heteroatoms. The maximum absolute atomic E-state index is 5.36. The molecule has 0 amide bonds. The Morgan fingerprint density at radius 1 is 1.16 bits per heavy atom. The van der Waals surface area contributed by atoms with Gasteiger partial charge in [0.1, 0.15) is 0 Å². The van der Waals surface area contributed by atoms with Crippen molar-refractivity contribution in [2.75, 3.05) is 40.1 Å². The standard InChI is InChI=1S/C19H33N3O2S/c1-7-20-18(22-14-19(2,3)25-6)21-12-8-9-15-10-11-16(23-4)17(13-15)24-5/h10-11,13H,7-9,12,14H2,1-6H3,(H2,20,21,22). The van der Waals surface area contributed by atoms with Crippen molar-refractivity contribution in [2.24, 2.45) is 4.99 Å². The van der Waals surface area contributed by atoms with Crippen LogP contribution in [0, 0.1) is 0 Å². The van der Waals surface area contributed by atoms with E-state index in [0.717, 1.165) is 49.9 Å². The molecule has 0 saturated heterocycles. The number of ether oxygens (including phenoxy) is 2. The molecule has 0 spiro atoms. The molecule has 25 heavy (non-hydrogen) atoms. The first-order valence-corrected chi connectivity index (χ1v) is 9.96. The van der Waals surface area contributed by atoms with Gasteiger partial charge in [0.25, 0.3) is 0 Å². The average molecular weight is 368 g/mol. The molecule has 0 heterocycles. The third kappa shape index (κ3) is 7.90. The number of aliphatic imine (C=N–C) groups is 1. The van der Waals surface area contributed by atoms with Crippen LogP contribution in [0.15, 0.2) is 23.2 Å². The normalized spacial score (nSPS) is 12.0. The Morgan fingerprint density at radius 3 is 2.48 bits per heavy atom. The van der Waals surface area contributed by atoms with Gasteiger partial charge in [-0.05, 0) is 57.6 Å². The fourth-order valence-corrected chi connectivity index (χ4v) is 2.40. The van der Waals surface area contributed by atoms with Gasteiger partial charge >= 0.3 is 0 Å². The van der Waals surface area contributed by atoms with Crippen molar-refractivity contribution in [3.8, 4) is 11.5 Å². The summed E-state index contributed by atoms with van der Waals surface area (Å²) in [7, 11) is 3.32. The second kappa shape index (κ2) is 11.1. The van der Waals surface area contributed by atoms with Crippen LogP contribution >= 0.6 is 11.8 Å². The lowest BCUT2D eigenvalue weighted by Gasteiger charge is -2.20. The number of thioether (sulfide) groups is 1. The van der Waals surface area contributed by atoms with Gasteiger partial charge < -0.3 is 20.1 Å². The third-order valence-electron chi connectivity index (χ3n) is 3.90. The second-order valence-corrected chi connectivity index (χ2v) is 7.89. The molecule has 1 rings (SSSR count). The zero-order valence-electron chi connectivity index (χ0n) is 16.4. The molecular formula is C19H33N3O2S. The summed E-state index contributed by atoms with van der Waals surface area (Å²) in [5.74, 6) is 2.43. The minimum absolute atomic E-state index is 0.155. The Labute approximate surface area is 157 Å². The Kier molecular flexibility index (Phi) is 9.57. The monoisotopic (exact) mass is 367 g/mol. The number of guanidine groups is 1. The summed E-state index contributed by atoms with van der Waals surface area (Å²) in [5.41, 5.74) is 1.24. The van der Waals surface area contributed by atoms with Crippen LogP contribution in [0.2, 0.25) is 0 Å². The Bertz CT molecular complexity index is 547. The van der Waals surface area contributed by atoms with Crippen LogP contribution in [0.1, 0.15) is 32.8 Å². The maximum Gasteiger partial charge on any atom is 0.191 e. The van der Waals surface area contributed by atoms with Gasteiger partial charge in [0.05, 0.1) is 20.8 Å². The van der Waals surface area contributed by atoms with Gasteiger partial charge in [-0.25, -0.2) is 0 Å². The number of nitrogens with zero attached hydrogens (tertiary/aromatic N) is 1. The Hall–Kier alpha value is -1.56. The van der Waals surface area contributed by atoms with E-state index in [4.69, 9.17) is 9.47 Å². The highest BCUT2D eigenvalue weighted by molar-refractivity contribution is 7.99. The van der Waals surface area contributed by atoms with Crippen LogP contribution in [0.3, 0.4) is 0 Å². The molecule has 5 nitrogen and oxygen atoms in total. The summed E-state index contributed by atoms with van der Waals surface area (Å²) in [6.07, 6.45) is 4.12. The van der Waals surface area contributed by atoms with Crippen LogP contribution in [-0.4, -0.2) is 50.8 Å². The molecule has 0 radical (unpaired) electrons. The molecule has 0 atom stereocenters. The fraction of sp³-hybridized carbons (Fsp3) is 0.632. The first kappa shape index (κ1) is 21.5. The predicted molar refractivity (Wildman–Crippen MR) is 109 cm³/mol. The first-order chi connectivity index (χ1) is 12.0. The van der Waals surface area contributed by atoms with Crippen LogP contribution in [0.4, 0.5) is 0 Å². The summed E-state index contributed by atoms with van der Waals surface area (Å²) < 4.78 is 10.8. The summed E-state index contributed by atoms with van der Waals surface area (Å²) >= 11 is 1.83. The lowest BCUT2D eigenvalue weighted by atomic mass is 10.1. The maximum atomic E-state index is 5.36. The van der Waals surface area contributed by atoms with Crippen molar-refractivity contribution in [1.82, 2.24) is 10.6 Å². The largest absolute Gasteiger partial charge is 0.493 e. The van der Waals surface area contributed by atoms with E-state index in [9.17, 15) is 0 Å². The molecular weight excluding hydrogens is 334 g/mol. The summed E-state index contributed by atoms with van der Waals surface area (Å²) in [5, 5.41) is 6.72.